The third kappa shape index (κ3) is 3.10. The summed E-state index contributed by atoms with van der Waals surface area (Å²) in [4.78, 5) is 20.8. The van der Waals surface area contributed by atoms with E-state index in [1.54, 1.807) is 31.4 Å². The molecule has 0 aliphatic heterocycles. The quantitative estimate of drug-likeness (QED) is 0.613. The molecule has 0 fully saturated rings. The number of amides is 1. The summed E-state index contributed by atoms with van der Waals surface area (Å²) >= 11 is 0. The second kappa shape index (κ2) is 6.64. The predicted octanol–water partition coefficient (Wildman–Crippen LogP) is 3.41. The Hall–Kier alpha value is -3.74. The zero-order valence-corrected chi connectivity index (χ0v) is 14.0. The van der Waals surface area contributed by atoms with Gasteiger partial charge in [-0.2, -0.15) is 5.10 Å². The van der Waals surface area contributed by atoms with Crippen LogP contribution < -0.4 is 10.1 Å². The Balaban J connectivity index is 1.62. The van der Waals surface area contributed by atoms with Gasteiger partial charge in [0.25, 0.3) is 5.91 Å². The number of benzene rings is 2. The van der Waals surface area contributed by atoms with E-state index >= 15 is 0 Å². The van der Waals surface area contributed by atoms with Gasteiger partial charge in [-0.05, 0) is 36.4 Å². The molecule has 0 saturated heterocycles. The van der Waals surface area contributed by atoms with Gasteiger partial charge in [0.05, 0.1) is 10.9 Å². The molecule has 0 unspecified atom stereocenters. The maximum atomic E-state index is 12.3. The van der Waals surface area contributed by atoms with Crippen LogP contribution in [0.15, 0.2) is 67.1 Å². The van der Waals surface area contributed by atoms with Gasteiger partial charge in [-0.3, -0.25) is 9.48 Å². The molecule has 7 nitrogen and oxygen atoms in total. The predicted molar refractivity (Wildman–Crippen MR) is 97.2 cm³/mol. The molecule has 2 heterocycles. The number of nitrogens with one attached hydrogen (secondary N) is 1. The second-order valence-electron chi connectivity index (χ2n) is 5.62. The lowest BCUT2D eigenvalue weighted by Crippen LogP contribution is -2.16. The average molecular weight is 345 g/mol. The Bertz CT molecular complexity index is 1080. The molecule has 4 aromatic rings. The molecule has 7 heteroatoms. The largest absolute Gasteiger partial charge is 0.438 e. The molecule has 128 valence electrons. The smallest absolute Gasteiger partial charge is 0.273 e. The molecule has 0 atom stereocenters. The molecule has 0 bridgehead atoms. The van der Waals surface area contributed by atoms with Crippen LogP contribution in [0.25, 0.3) is 10.9 Å². The molecule has 0 spiro atoms. The highest BCUT2D eigenvalue weighted by atomic mass is 16.5. The van der Waals surface area contributed by atoms with Crippen molar-refractivity contribution in [2.24, 2.45) is 7.05 Å². The fourth-order valence-corrected chi connectivity index (χ4v) is 2.58. The molecule has 26 heavy (non-hydrogen) atoms. The first-order valence-corrected chi connectivity index (χ1v) is 7.98. The summed E-state index contributed by atoms with van der Waals surface area (Å²) < 4.78 is 7.36. The normalized spacial score (nSPS) is 10.7. The molecule has 0 aliphatic carbocycles. The zero-order chi connectivity index (χ0) is 17.9. The van der Waals surface area contributed by atoms with E-state index in [9.17, 15) is 4.79 Å². The van der Waals surface area contributed by atoms with E-state index in [0.29, 0.717) is 28.5 Å². The molecule has 1 amide bonds. The number of ether oxygens (including phenoxy) is 1. The highest BCUT2D eigenvalue weighted by Gasteiger charge is 2.12. The van der Waals surface area contributed by atoms with Crippen molar-refractivity contribution in [3.63, 3.8) is 0 Å². The molecule has 2 aromatic heterocycles. The molecule has 1 N–H and O–H groups in total. The van der Waals surface area contributed by atoms with Gasteiger partial charge in [0.1, 0.15) is 17.8 Å². The van der Waals surface area contributed by atoms with Crippen molar-refractivity contribution in [2.45, 2.75) is 0 Å². The molecule has 0 radical (unpaired) electrons. The van der Waals surface area contributed by atoms with Gasteiger partial charge < -0.3 is 10.1 Å². The number of aryl methyl sites for hydroxylation is 1. The van der Waals surface area contributed by atoms with Gasteiger partial charge in [-0.25, -0.2) is 9.97 Å². The Labute approximate surface area is 149 Å². The third-order valence-electron chi connectivity index (χ3n) is 3.87. The fourth-order valence-electron chi connectivity index (χ4n) is 2.58. The van der Waals surface area contributed by atoms with Crippen molar-refractivity contribution in [1.82, 2.24) is 19.7 Å². The van der Waals surface area contributed by atoms with Crippen LogP contribution in [0.5, 0.6) is 11.6 Å². The summed E-state index contributed by atoms with van der Waals surface area (Å²) in [6.45, 7) is 0. The number of para-hydroxylation sites is 1. The van der Waals surface area contributed by atoms with Gasteiger partial charge in [-0.1, -0.05) is 18.2 Å². The van der Waals surface area contributed by atoms with Crippen LogP contribution in [0, 0.1) is 0 Å². The number of hydrogen-bond donors (Lipinski definition) is 1. The fraction of sp³-hybridized carbons (Fsp3) is 0.0526. The minimum absolute atomic E-state index is 0.237. The molecule has 4 rings (SSSR count). The van der Waals surface area contributed by atoms with Gasteiger partial charge in [-0.15, -0.1) is 0 Å². The van der Waals surface area contributed by atoms with Gasteiger partial charge >= 0.3 is 0 Å². The average Bonchev–Trinajstić information content (AvgIpc) is 3.09. The molecular formula is C19H15N5O2. The monoisotopic (exact) mass is 345 g/mol. The zero-order valence-electron chi connectivity index (χ0n) is 14.0. The second-order valence-corrected chi connectivity index (χ2v) is 5.62. The number of nitrogens with zero attached hydrogens (tertiary/aromatic N) is 4. The number of fused-ring (bicyclic) bond motifs is 1. The minimum Gasteiger partial charge on any atom is -0.438 e. The van der Waals surface area contributed by atoms with E-state index in [1.807, 2.05) is 36.4 Å². The van der Waals surface area contributed by atoms with Crippen LogP contribution >= 0.6 is 0 Å². The van der Waals surface area contributed by atoms with Crippen LogP contribution in [0.4, 0.5) is 5.69 Å². The van der Waals surface area contributed by atoms with Crippen molar-refractivity contribution in [3.8, 4) is 11.6 Å². The SMILES string of the molecule is Cn1nccc1C(=O)Nc1ccc2c(Oc3ccccc3)ncnc2c1. The summed E-state index contributed by atoms with van der Waals surface area (Å²) in [7, 11) is 1.72. The molecule has 0 saturated carbocycles. The Kier molecular flexibility index (Phi) is 4.03. The summed E-state index contributed by atoms with van der Waals surface area (Å²) in [5, 5.41) is 7.60. The first-order chi connectivity index (χ1) is 12.7. The lowest BCUT2D eigenvalue weighted by molar-refractivity contribution is 0.101. The molecule has 2 aromatic carbocycles. The van der Waals surface area contributed by atoms with Crippen LogP contribution in [0.3, 0.4) is 0 Å². The van der Waals surface area contributed by atoms with Crippen molar-refractivity contribution in [3.05, 3.63) is 72.8 Å². The lowest BCUT2D eigenvalue weighted by atomic mass is 10.2. The van der Waals surface area contributed by atoms with Crippen LogP contribution in [0.2, 0.25) is 0 Å². The van der Waals surface area contributed by atoms with Crippen molar-refractivity contribution < 1.29 is 9.53 Å². The lowest BCUT2D eigenvalue weighted by Gasteiger charge is -2.09. The number of anilines is 1. The van der Waals surface area contributed by atoms with E-state index in [2.05, 4.69) is 20.4 Å². The van der Waals surface area contributed by atoms with E-state index in [1.165, 1.54) is 11.0 Å². The number of hydrogen-bond acceptors (Lipinski definition) is 5. The van der Waals surface area contributed by atoms with E-state index in [-0.39, 0.29) is 5.91 Å². The standard InChI is InChI=1S/C19H15N5O2/c1-24-17(9-10-22-24)18(25)23-13-7-8-15-16(11-13)20-12-21-19(15)26-14-5-3-2-4-6-14/h2-12H,1H3,(H,23,25). The first kappa shape index (κ1) is 15.8. The molecular weight excluding hydrogens is 330 g/mol. The molecule has 0 aliphatic rings. The first-order valence-electron chi connectivity index (χ1n) is 7.98. The van der Waals surface area contributed by atoms with E-state index < -0.39 is 0 Å². The maximum Gasteiger partial charge on any atom is 0.273 e. The number of carbonyl (C=O) groups excluding carboxylic acids is 1. The Morgan fingerprint density at radius 1 is 1.08 bits per heavy atom. The summed E-state index contributed by atoms with van der Waals surface area (Å²) in [5.41, 5.74) is 1.78. The van der Waals surface area contributed by atoms with Gasteiger partial charge in [0.15, 0.2) is 0 Å². The highest BCUT2D eigenvalue weighted by Crippen LogP contribution is 2.28. The van der Waals surface area contributed by atoms with Crippen LogP contribution in [0.1, 0.15) is 10.5 Å². The van der Waals surface area contributed by atoms with Gasteiger partial charge in [0, 0.05) is 18.9 Å². The van der Waals surface area contributed by atoms with Crippen molar-refractivity contribution >= 4 is 22.5 Å². The topological polar surface area (TPSA) is 81.9 Å². The van der Waals surface area contributed by atoms with Crippen molar-refractivity contribution in [1.29, 1.82) is 0 Å². The minimum atomic E-state index is -0.237. The van der Waals surface area contributed by atoms with Crippen LogP contribution in [-0.4, -0.2) is 25.7 Å². The van der Waals surface area contributed by atoms with E-state index in [4.69, 9.17) is 4.74 Å². The Morgan fingerprint density at radius 2 is 1.92 bits per heavy atom. The number of rotatable bonds is 4. The number of carbonyl (C=O) groups is 1. The highest BCUT2D eigenvalue weighted by molar-refractivity contribution is 6.04. The summed E-state index contributed by atoms with van der Waals surface area (Å²) in [5.74, 6) is 0.922. The van der Waals surface area contributed by atoms with E-state index in [0.717, 1.165) is 5.39 Å². The summed E-state index contributed by atoms with van der Waals surface area (Å²) in [6.07, 6.45) is 3.02. The van der Waals surface area contributed by atoms with Crippen molar-refractivity contribution in [2.75, 3.05) is 5.32 Å². The maximum absolute atomic E-state index is 12.3. The summed E-state index contributed by atoms with van der Waals surface area (Å²) in [6, 6.07) is 16.5. The third-order valence-corrected chi connectivity index (χ3v) is 3.87. The van der Waals surface area contributed by atoms with Gasteiger partial charge in [0.2, 0.25) is 5.88 Å². The Morgan fingerprint density at radius 3 is 2.69 bits per heavy atom. The number of aromatic nitrogens is 4. The van der Waals surface area contributed by atoms with Crippen LogP contribution in [-0.2, 0) is 7.05 Å².